The maximum atomic E-state index is 5.69. The van der Waals surface area contributed by atoms with Crippen LogP contribution in [0.5, 0.6) is 0 Å². The second kappa shape index (κ2) is 4.80. The van der Waals surface area contributed by atoms with Gasteiger partial charge in [-0.3, -0.25) is 4.90 Å². The van der Waals surface area contributed by atoms with Gasteiger partial charge in [0.1, 0.15) is 0 Å². The predicted molar refractivity (Wildman–Crippen MR) is 48.3 cm³/mol. The van der Waals surface area contributed by atoms with Crippen molar-refractivity contribution in [3.05, 3.63) is 0 Å². The van der Waals surface area contributed by atoms with Crippen molar-refractivity contribution < 1.29 is 9.47 Å². The highest BCUT2D eigenvalue weighted by molar-refractivity contribution is 4.74. The molecule has 1 heterocycles. The maximum absolute atomic E-state index is 5.69. The van der Waals surface area contributed by atoms with E-state index in [-0.39, 0.29) is 6.10 Å². The Hall–Kier alpha value is -0.120. The standard InChI is InChI=1S/C9H19NO2/c1-4-10-5-8(2)12-9(6-10)7-11-3/h8-9H,4-7H2,1-3H3/t8-,9+/m1/s1. The Balaban J connectivity index is 2.34. The van der Waals surface area contributed by atoms with Crippen LogP contribution in [0.15, 0.2) is 0 Å². The normalized spacial score (nSPS) is 32.2. The lowest BCUT2D eigenvalue weighted by atomic mass is 10.2. The summed E-state index contributed by atoms with van der Waals surface area (Å²) in [7, 11) is 1.72. The number of nitrogens with zero attached hydrogens (tertiary/aromatic N) is 1. The molecular weight excluding hydrogens is 154 g/mol. The molecule has 3 heteroatoms. The first-order valence-corrected chi connectivity index (χ1v) is 4.63. The number of morpholine rings is 1. The van der Waals surface area contributed by atoms with E-state index >= 15 is 0 Å². The van der Waals surface area contributed by atoms with E-state index in [1.807, 2.05) is 0 Å². The largest absolute Gasteiger partial charge is 0.382 e. The summed E-state index contributed by atoms with van der Waals surface area (Å²) < 4.78 is 10.8. The topological polar surface area (TPSA) is 21.7 Å². The van der Waals surface area contributed by atoms with Crippen LogP contribution in [0.25, 0.3) is 0 Å². The average molecular weight is 173 g/mol. The Morgan fingerprint density at radius 3 is 2.83 bits per heavy atom. The van der Waals surface area contributed by atoms with Gasteiger partial charge in [-0.15, -0.1) is 0 Å². The monoisotopic (exact) mass is 173 g/mol. The summed E-state index contributed by atoms with van der Waals surface area (Å²) in [5, 5.41) is 0. The first-order chi connectivity index (χ1) is 5.76. The molecule has 1 aliphatic heterocycles. The van der Waals surface area contributed by atoms with Crippen LogP contribution >= 0.6 is 0 Å². The zero-order chi connectivity index (χ0) is 8.97. The van der Waals surface area contributed by atoms with Gasteiger partial charge in [0.2, 0.25) is 0 Å². The van der Waals surface area contributed by atoms with Gasteiger partial charge >= 0.3 is 0 Å². The van der Waals surface area contributed by atoms with Gasteiger partial charge in [0.15, 0.2) is 0 Å². The van der Waals surface area contributed by atoms with Crippen LogP contribution in [0.4, 0.5) is 0 Å². The van der Waals surface area contributed by atoms with Crippen molar-refractivity contribution in [2.45, 2.75) is 26.1 Å². The number of rotatable bonds is 3. The lowest BCUT2D eigenvalue weighted by Crippen LogP contribution is -2.47. The van der Waals surface area contributed by atoms with Gasteiger partial charge in [0.05, 0.1) is 18.8 Å². The molecule has 0 aromatic rings. The minimum atomic E-state index is 0.263. The van der Waals surface area contributed by atoms with Crippen LogP contribution in [-0.2, 0) is 9.47 Å². The Morgan fingerprint density at radius 2 is 2.25 bits per heavy atom. The van der Waals surface area contributed by atoms with Crippen LogP contribution < -0.4 is 0 Å². The second-order valence-corrected chi connectivity index (χ2v) is 3.38. The van der Waals surface area contributed by atoms with Crippen molar-refractivity contribution in [1.82, 2.24) is 4.90 Å². The fourth-order valence-electron chi connectivity index (χ4n) is 1.68. The van der Waals surface area contributed by atoms with Crippen molar-refractivity contribution in [2.75, 3.05) is 33.4 Å². The minimum Gasteiger partial charge on any atom is -0.382 e. The van der Waals surface area contributed by atoms with E-state index in [4.69, 9.17) is 9.47 Å². The highest BCUT2D eigenvalue weighted by Gasteiger charge is 2.23. The van der Waals surface area contributed by atoms with Crippen LogP contribution in [0.1, 0.15) is 13.8 Å². The molecule has 0 spiro atoms. The first-order valence-electron chi connectivity index (χ1n) is 4.63. The van der Waals surface area contributed by atoms with Crippen LogP contribution in [-0.4, -0.2) is 50.5 Å². The van der Waals surface area contributed by atoms with Gasteiger partial charge < -0.3 is 9.47 Å². The second-order valence-electron chi connectivity index (χ2n) is 3.38. The SMILES string of the molecule is CCN1C[C@@H](COC)O[C@H](C)C1. The highest BCUT2D eigenvalue weighted by atomic mass is 16.5. The summed E-state index contributed by atoms with van der Waals surface area (Å²) in [6, 6.07) is 0. The van der Waals surface area contributed by atoms with Gasteiger partial charge in [-0.25, -0.2) is 0 Å². The molecule has 1 aliphatic rings. The molecule has 0 N–H and O–H groups in total. The molecule has 12 heavy (non-hydrogen) atoms. The molecule has 0 bridgehead atoms. The van der Waals surface area contributed by atoms with Gasteiger partial charge in [-0.05, 0) is 13.5 Å². The smallest absolute Gasteiger partial charge is 0.0939 e. The summed E-state index contributed by atoms with van der Waals surface area (Å²) >= 11 is 0. The van der Waals surface area contributed by atoms with Gasteiger partial charge in [0, 0.05) is 20.2 Å². The molecule has 72 valence electrons. The molecular formula is C9H19NO2. The summed E-state index contributed by atoms with van der Waals surface area (Å²) in [6.45, 7) is 8.17. The average Bonchev–Trinajstić information content (AvgIpc) is 2.04. The molecule has 2 atom stereocenters. The number of hydrogen-bond acceptors (Lipinski definition) is 3. The Kier molecular flexibility index (Phi) is 3.98. The molecule has 0 unspecified atom stereocenters. The molecule has 0 saturated carbocycles. The molecule has 0 aromatic carbocycles. The van der Waals surface area contributed by atoms with Crippen molar-refractivity contribution >= 4 is 0 Å². The molecule has 0 amide bonds. The van der Waals surface area contributed by atoms with E-state index in [0.29, 0.717) is 12.7 Å². The highest BCUT2D eigenvalue weighted by Crippen LogP contribution is 2.10. The fourth-order valence-corrected chi connectivity index (χ4v) is 1.68. The van der Waals surface area contributed by atoms with Crippen molar-refractivity contribution in [1.29, 1.82) is 0 Å². The lowest BCUT2D eigenvalue weighted by Gasteiger charge is -2.35. The predicted octanol–water partition coefficient (Wildman–Crippen LogP) is 0.742. The van der Waals surface area contributed by atoms with Gasteiger partial charge in [-0.2, -0.15) is 0 Å². The molecule has 3 nitrogen and oxygen atoms in total. The van der Waals surface area contributed by atoms with E-state index in [1.54, 1.807) is 7.11 Å². The lowest BCUT2D eigenvalue weighted by molar-refractivity contribution is -0.0996. The quantitative estimate of drug-likeness (QED) is 0.628. The summed E-state index contributed by atoms with van der Waals surface area (Å²) in [6.07, 6.45) is 0.609. The van der Waals surface area contributed by atoms with Crippen LogP contribution in [0.2, 0.25) is 0 Å². The number of ether oxygens (including phenoxy) is 2. The van der Waals surface area contributed by atoms with E-state index < -0.39 is 0 Å². The molecule has 1 rings (SSSR count). The maximum Gasteiger partial charge on any atom is 0.0939 e. The Morgan fingerprint density at radius 1 is 1.50 bits per heavy atom. The Labute approximate surface area is 74.6 Å². The van der Waals surface area contributed by atoms with Crippen molar-refractivity contribution in [2.24, 2.45) is 0 Å². The summed E-state index contributed by atoms with van der Waals surface area (Å²) in [5.74, 6) is 0. The third-order valence-corrected chi connectivity index (χ3v) is 2.20. The number of methoxy groups -OCH3 is 1. The van der Waals surface area contributed by atoms with Crippen LogP contribution in [0.3, 0.4) is 0 Å². The van der Waals surface area contributed by atoms with Crippen molar-refractivity contribution in [3.8, 4) is 0 Å². The Bertz CT molecular complexity index is 130. The van der Waals surface area contributed by atoms with E-state index in [1.165, 1.54) is 0 Å². The summed E-state index contributed by atoms with van der Waals surface area (Å²) in [4.78, 5) is 2.40. The van der Waals surface area contributed by atoms with Gasteiger partial charge in [-0.1, -0.05) is 6.92 Å². The molecule has 1 saturated heterocycles. The molecule has 1 fully saturated rings. The fraction of sp³-hybridized carbons (Fsp3) is 1.00. The van der Waals surface area contributed by atoms with Crippen LogP contribution in [0, 0.1) is 0 Å². The third-order valence-electron chi connectivity index (χ3n) is 2.20. The zero-order valence-corrected chi connectivity index (χ0v) is 8.25. The summed E-state index contributed by atoms with van der Waals surface area (Å²) in [5.41, 5.74) is 0. The molecule has 0 aromatic heterocycles. The van der Waals surface area contributed by atoms with Crippen molar-refractivity contribution in [3.63, 3.8) is 0 Å². The van der Waals surface area contributed by atoms with E-state index in [9.17, 15) is 0 Å². The minimum absolute atomic E-state index is 0.263. The zero-order valence-electron chi connectivity index (χ0n) is 8.25. The number of hydrogen-bond donors (Lipinski definition) is 0. The number of likely N-dealkylation sites (N-methyl/N-ethyl adjacent to an activating group) is 1. The molecule has 0 aliphatic carbocycles. The molecule has 0 radical (unpaired) electrons. The first kappa shape index (κ1) is 9.96. The third kappa shape index (κ3) is 2.73. The van der Waals surface area contributed by atoms with Gasteiger partial charge in [0.25, 0.3) is 0 Å². The van der Waals surface area contributed by atoms with E-state index in [0.717, 1.165) is 19.6 Å². The van der Waals surface area contributed by atoms with E-state index in [2.05, 4.69) is 18.7 Å².